The predicted octanol–water partition coefficient (Wildman–Crippen LogP) is 8.37. The van der Waals surface area contributed by atoms with E-state index in [1.165, 1.54) is 6.08 Å². The monoisotopic (exact) mass is 617 g/mol. The summed E-state index contributed by atoms with van der Waals surface area (Å²) in [6, 6.07) is 23.8. The topological polar surface area (TPSA) is 105 Å². The van der Waals surface area contributed by atoms with Crippen molar-refractivity contribution in [2.75, 3.05) is 0 Å². The number of rotatable bonds is 12. The SMILES string of the molecule is CC(C=CP(=O)(O)O)(CCCc1ccc(Sc2cccc(OCc3ccccc3)c2)cc1Cl)NC(=O)OC(C)(C)C. The van der Waals surface area contributed by atoms with Gasteiger partial charge in [0.1, 0.15) is 18.0 Å². The van der Waals surface area contributed by atoms with E-state index in [1.807, 2.05) is 72.8 Å². The van der Waals surface area contributed by atoms with Gasteiger partial charge in [-0.05, 0) is 88.4 Å². The van der Waals surface area contributed by atoms with Crippen LogP contribution in [0.25, 0.3) is 0 Å². The third kappa shape index (κ3) is 12.3. The van der Waals surface area contributed by atoms with Crippen molar-refractivity contribution >= 4 is 37.1 Å². The van der Waals surface area contributed by atoms with Crippen LogP contribution in [0.5, 0.6) is 5.75 Å². The lowest BCUT2D eigenvalue weighted by atomic mass is 9.93. The molecule has 0 aliphatic rings. The van der Waals surface area contributed by atoms with Crippen molar-refractivity contribution in [1.29, 1.82) is 0 Å². The normalized spacial score (nSPS) is 13.5. The fourth-order valence-electron chi connectivity index (χ4n) is 3.93. The van der Waals surface area contributed by atoms with Crippen LogP contribution in [-0.4, -0.2) is 27.0 Å². The summed E-state index contributed by atoms with van der Waals surface area (Å²) >= 11 is 8.21. The molecule has 0 heterocycles. The molecule has 1 atom stereocenters. The van der Waals surface area contributed by atoms with Crippen molar-refractivity contribution < 1.29 is 28.6 Å². The van der Waals surface area contributed by atoms with Gasteiger partial charge in [0.05, 0.1) is 5.54 Å². The maximum absolute atomic E-state index is 12.4. The number of benzene rings is 3. The van der Waals surface area contributed by atoms with Crippen molar-refractivity contribution in [1.82, 2.24) is 5.32 Å². The molecule has 3 aromatic carbocycles. The third-order valence-corrected chi connectivity index (χ3v) is 7.75. The number of carbonyl (C=O) groups is 1. The molecular formula is C31H37ClNO6PS. The molecule has 10 heteroatoms. The first kappa shape index (κ1) is 32.8. The summed E-state index contributed by atoms with van der Waals surface area (Å²) in [7, 11) is -4.40. The molecular weight excluding hydrogens is 581 g/mol. The minimum absolute atomic E-state index is 0.408. The Balaban J connectivity index is 1.60. The maximum Gasteiger partial charge on any atom is 0.408 e. The second-order valence-electron chi connectivity index (χ2n) is 10.9. The van der Waals surface area contributed by atoms with E-state index in [0.717, 1.165) is 32.5 Å². The standard InChI is InChI=1S/C31H37ClNO6PS/c1-30(2,3)39-29(34)33-31(4,18-19-40(35,36)37)17-9-12-24-15-16-27(21-28(24)32)41-26-14-8-13-25(20-26)38-22-23-10-6-5-7-11-23/h5-8,10-11,13-16,18-21H,9,12,17,22H2,1-4H3,(H,33,34)(H2,35,36,37). The number of halogens is 1. The van der Waals surface area contributed by atoms with Gasteiger partial charge in [-0.1, -0.05) is 71.9 Å². The van der Waals surface area contributed by atoms with E-state index in [-0.39, 0.29) is 0 Å². The van der Waals surface area contributed by atoms with Crippen molar-refractivity contribution in [2.45, 2.75) is 74.5 Å². The van der Waals surface area contributed by atoms with Crippen LogP contribution in [0.15, 0.2) is 94.5 Å². The highest BCUT2D eigenvalue weighted by atomic mass is 35.5. The minimum atomic E-state index is -4.40. The average molecular weight is 618 g/mol. The number of hydrogen-bond acceptors (Lipinski definition) is 5. The first-order chi connectivity index (χ1) is 19.2. The molecule has 0 aliphatic carbocycles. The molecule has 0 aromatic heterocycles. The smallest absolute Gasteiger partial charge is 0.408 e. The molecule has 0 spiro atoms. The zero-order chi connectivity index (χ0) is 30.1. The Kier molecular flexibility index (Phi) is 11.5. The van der Waals surface area contributed by atoms with Crippen LogP contribution >= 0.6 is 31.0 Å². The lowest BCUT2D eigenvalue weighted by Gasteiger charge is -2.30. The van der Waals surface area contributed by atoms with Gasteiger partial charge in [-0.25, -0.2) is 4.79 Å². The second kappa shape index (κ2) is 14.4. The van der Waals surface area contributed by atoms with E-state index in [4.69, 9.17) is 21.1 Å². The molecule has 0 fully saturated rings. The van der Waals surface area contributed by atoms with Crippen LogP contribution < -0.4 is 10.1 Å². The van der Waals surface area contributed by atoms with Gasteiger partial charge in [0.15, 0.2) is 0 Å². The highest BCUT2D eigenvalue weighted by Crippen LogP contribution is 2.38. The molecule has 3 rings (SSSR count). The van der Waals surface area contributed by atoms with E-state index in [1.54, 1.807) is 39.5 Å². The van der Waals surface area contributed by atoms with Gasteiger partial charge in [-0.3, -0.25) is 4.57 Å². The van der Waals surface area contributed by atoms with Gasteiger partial charge in [0.2, 0.25) is 0 Å². The molecule has 1 amide bonds. The maximum atomic E-state index is 12.4. The van der Waals surface area contributed by atoms with Crippen LogP contribution in [0.2, 0.25) is 5.02 Å². The molecule has 0 saturated heterocycles. The summed E-state index contributed by atoms with van der Waals surface area (Å²) in [5.41, 5.74) is 0.308. The zero-order valence-electron chi connectivity index (χ0n) is 23.7. The Morgan fingerprint density at radius 3 is 2.37 bits per heavy atom. The Labute approximate surface area is 251 Å². The van der Waals surface area contributed by atoms with Crippen molar-refractivity contribution in [3.63, 3.8) is 0 Å². The van der Waals surface area contributed by atoms with Crippen molar-refractivity contribution in [2.24, 2.45) is 0 Å². The minimum Gasteiger partial charge on any atom is -0.489 e. The number of hydrogen-bond donors (Lipinski definition) is 3. The number of amides is 1. The van der Waals surface area contributed by atoms with E-state index in [2.05, 4.69) is 5.32 Å². The summed E-state index contributed by atoms with van der Waals surface area (Å²) in [5.74, 6) is 1.60. The molecule has 3 N–H and O–H groups in total. The van der Waals surface area contributed by atoms with E-state index >= 15 is 0 Å². The molecule has 0 bridgehead atoms. The Morgan fingerprint density at radius 1 is 1.00 bits per heavy atom. The second-order valence-corrected chi connectivity index (χ2v) is 13.9. The number of ether oxygens (including phenoxy) is 2. The Bertz CT molecular complexity index is 1390. The summed E-state index contributed by atoms with van der Waals surface area (Å²) in [6.07, 6.45) is 2.29. The van der Waals surface area contributed by atoms with Gasteiger partial charge in [0, 0.05) is 20.6 Å². The van der Waals surface area contributed by atoms with E-state index in [0.29, 0.717) is 30.9 Å². The fourth-order valence-corrected chi connectivity index (χ4v) is 5.70. The van der Waals surface area contributed by atoms with Crippen LogP contribution in [-0.2, 0) is 22.3 Å². The number of aryl methyl sites for hydroxylation is 1. The Hall–Kier alpha value is -2.74. The van der Waals surface area contributed by atoms with E-state index < -0.39 is 24.8 Å². The van der Waals surface area contributed by atoms with Crippen LogP contribution in [0.3, 0.4) is 0 Å². The largest absolute Gasteiger partial charge is 0.489 e. The van der Waals surface area contributed by atoms with Crippen LogP contribution in [0, 0.1) is 0 Å². The fraction of sp³-hybridized carbons (Fsp3) is 0.323. The molecule has 0 radical (unpaired) electrons. The predicted molar refractivity (Wildman–Crippen MR) is 165 cm³/mol. The van der Waals surface area contributed by atoms with Crippen LogP contribution in [0.4, 0.5) is 4.79 Å². The van der Waals surface area contributed by atoms with Gasteiger partial charge in [0.25, 0.3) is 0 Å². The molecule has 0 saturated carbocycles. The summed E-state index contributed by atoms with van der Waals surface area (Å²) < 4.78 is 22.7. The molecule has 3 aromatic rings. The summed E-state index contributed by atoms with van der Waals surface area (Å²) in [5, 5.41) is 3.37. The number of carbonyl (C=O) groups excluding carboxylic acids is 1. The van der Waals surface area contributed by atoms with Gasteiger partial charge in [-0.15, -0.1) is 0 Å². The lowest BCUT2D eigenvalue weighted by Crippen LogP contribution is -2.46. The molecule has 220 valence electrons. The zero-order valence-corrected chi connectivity index (χ0v) is 26.1. The first-order valence-electron chi connectivity index (χ1n) is 13.2. The molecule has 7 nitrogen and oxygen atoms in total. The molecule has 0 aliphatic heterocycles. The number of alkyl carbamates (subject to hydrolysis) is 1. The Morgan fingerprint density at radius 2 is 1.71 bits per heavy atom. The first-order valence-corrected chi connectivity index (χ1v) is 16.1. The molecule has 41 heavy (non-hydrogen) atoms. The highest BCUT2D eigenvalue weighted by molar-refractivity contribution is 7.99. The van der Waals surface area contributed by atoms with Gasteiger partial charge < -0.3 is 24.6 Å². The van der Waals surface area contributed by atoms with Gasteiger partial charge >= 0.3 is 13.7 Å². The quantitative estimate of drug-likeness (QED) is 0.175. The van der Waals surface area contributed by atoms with E-state index in [9.17, 15) is 19.1 Å². The van der Waals surface area contributed by atoms with Crippen LogP contribution in [0.1, 0.15) is 51.7 Å². The highest BCUT2D eigenvalue weighted by Gasteiger charge is 2.27. The van der Waals surface area contributed by atoms with Gasteiger partial charge in [-0.2, -0.15) is 0 Å². The van der Waals surface area contributed by atoms with Crippen molar-refractivity contribution in [3.8, 4) is 5.75 Å². The molecule has 1 unspecified atom stereocenters. The summed E-state index contributed by atoms with van der Waals surface area (Å²) in [4.78, 5) is 33.1. The van der Waals surface area contributed by atoms with Crippen molar-refractivity contribution in [3.05, 3.63) is 101 Å². The number of nitrogens with one attached hydrogen (secondary N) is 1. The third-order valence-electron chi connectivity index (χ3n) is 5.88. The summed E-state index contributed by atoms with van der Waals surface area (Å²) in [6.45, 7) is 7.43. The lowest BCUT2D eigenvalue weighted by molar-refractivity contribution is 0.0480. The average Bonchev–Trinajstić information content (AvgIpc) is 2.87.